The van der Waals surface area contributed by atoms with Gasteiger partial charge in [-0.3, -0.25) is 11.5 Å². The van der Waals surface area contributed by atoms with Gasteiger partial charge >= 0.3 is 0 Å². The van der Waals surface area contributed by atoms with Gasteiger partial charge in [-0.2, -0.15) is 0 Å². The number of nitrogens with two attached hydrogens (primary N) is 2. The zero-order chi connectivity index (χ0) is 20.3. The number of aliphatic hydroxyl groups excluding tert-OH is 2. The molecule has 10 nitrogen and oxygen atoms in total. The molecule has 8 N–H and O–H groups in total. The Bertz CT molecular complexity index is 596. The van der Waals surface area contributed by atoms with Gasteiger partial charge < -0.3 is 30.0 Å². The van der Waals surface area contributed by atoms with Crippen LogP contribution in [0.25, 0.3) is 0 Å². The highest BCUT2D eigenvalue weighted by molar-refractivity contribution is 6.30. The summed E-state index contributed by atoms with van der Waals surface area (Å²) >= 11 is 11.0. The molecule has 142 valence electrons. The van der Waals surface area contributed by atoms with E-state index in [2.05, 4.69) is 9.97 Å². The van der Waals surface area contributed by atoms with Gasteiger partial charge in [0.15, 0.2) is 0 Å². The number of carboxylic acid groups (broad SMARTS) is 2. The molecule has 0 amide bonds. The number of aliphatic hydroxyl groups is 2. The van der Waals surface area contributed by atoms with E-state index in [9.17, 15) is 19.8 Å². The van der Waals surface area contributed by atoms with Gasteiger partial charge in [0.2, 0.25) is 0 Å². The second-order valence-corrected chi connectivity index (χ2v) is 5.33. The Morgan fingerprint density at radius 3 is 1.31 bits per heavy atom. The zero-order valence-corrected chi connectivity index (χ0v) is 14.6. The molecule has 2 heterocycles. The number of aliphatic carboxylic acids is 2. The van der Waals surface area contributed by atoms with Gasteiger partial charge in [0.1, 0.15) is 24.6 Å². The summed E-state index contributed by atoms with van der Waals surface area (Å²) < 4.78 is 0. The minimum atomic E-state index is -2.44. The number of carboxylic acids is 2. The lowest BCUT2D eigenvalue weighted by atomic mass is 10.2. The quantitative estimate of drug-likeness (QED) is 0.405. The van der Waals surface area contributed by atoms with E-state index in [0.29, 0.717) is 21.7 Å². The van der Waals surface area contributed by atoms with Crippen molar-refractivity contribution in [2.45, 2.75) is 12.2 Å². The molecule has 2 aromatic rings. The predicted molar refractivity (Wildman–Crippen MR) is 86.9 cm³/mol. The van der Waals surface area contributed by atoms with Crippen molar-refractivity contribution in [1.82, 2.24) is 0 Å². The highest BCUT2D eigenvalue weighted by atomic mass is 35.5. The summed E-state index contributed by atoms with van der Waals surface area (Å²) in [4.78, 5) is 24.8. The smallest absolute Gasteiger partial charge is 0.270 e. The molecule has 0 fully saturated rings. The largest absolute Gasteiger partial charge is 0.547 e. The minimum Gasteiger partial charge on any atom is -0.547 e. The van der Waals surface area contributed by atoms with Crippen LogP contribution < -0.4 is 31.6 Å². The van der Waals surface area contributed by atoms with Gasteiger partial charge in [0.05, 0.1) is 22.0 Å². The molecule has 0 radical (unpaired) electrons. The van der Waals surface area contributed by atoms with Crippen LogP contribution in [0, 0.1) is 0 Å². The number of nitrogens with one attached hydrogen (secondary N) is 2. The van der Waals surface area contributed by atoms with Gasteiger partial charge in [-0.25, -0.2) is 9.97 Å². The Labute approximate surface area is 157 Å². The number of anilines is 2. The maximum atomic E-state index is 9.63. The maximum Gasteiger partial charge on any atom is 0.270 e. The van der Waals surface area contributed by atoms with Gasteiger partial charge in [-0.05, 0) is 12.1 Å². The SMILES string of the molecule is Nc1ccc(Cl)c[nH+]1.Nc1ccc(Cl)c[nH+]1.O=C([O-])[C@H](O)[C@@H](O)C(=O)[O-]. The first-order valence-corrected chi connectivity index (χ1v) is 7.43. The molecule has 2 aromatic heterocycles. The number of carbonyl (C=O) groups excluding carboxylic acids is 2. The fraction of sp³-hybridized carbons (Fsp3) is 0.143. The summed E-state index contributed by atoms with van der Waals surface area (Å²) in [6.45, 7) is 0. The average Bonchev–Trinajstić information content (AvgIpc) is 2.59. The van der Waals surface area contributed by atoms with Crippen molar-refractivity contribution in [2.75, 3.05) is 11.5 Å². The molecule has 0 unspecified atom stereocenters. The van der Waals surface area contributed by atoms with E-state index < -0.39 is 24.1 Å². The first kappa shape index (κ1) is 23.3. The summed E-state index contributed by atoms with van der Waals surface area (Å²) in [7, 11) is 0. The zero-order valence-electron chi connectivity index (χ0n) is 13.1. The van der Waals surface area contributed by atoms with Crippen molar-refractivity contribution in [3.05, 3.63) is 46.7 Å². The fourth-order valence-corrected chi connectivity index (χ4v) is 1.33. The number of hydrogen-bond acceptors (Lipinski definition) is 8. The van der Waals surface area contributed by atoms with E-state index in [0.717, 1.165) is 0 Å². The molecule has 0 bridgehead atoms. The van der Waals surface area contributed by atoms with Crippen LogP contribution in [0.5, 0.6) is 0 Å². The van der Waals surface area contributed by atoms with Gasteiger partial charge in [0, 0.05) is 12.1 Å². The summed E-state index contributed by atoms with van der Waals surface area (Å²) in [6.07, 6.45) is -1.61. The normalized spacial score (nSPS) is 11.7. The molecule has 0 aliphatic carbocycles. The van der Waals surface area contributed by atoms with E-state index in [4.69, 9.17) is 44.9 Å². The van der Waals surface area contributed by atoms with Crippen LogP contribution in [0.1, 0.15) is 0 Å². The molecular formula is C14H16Cl2N4O6. The molecule has 0 aliphatic rings. The standard InChI is InChI=1S/2C5H5ClN2.C4H6O6/c2*6-4-1-2-5(7)8-3-4;5-1(3(7)8)2(6)4(9)10/h2*1-3H,(H2,7,8);1-2,5-6H,(H,7,8)(H,9,10)/t;;1-,2-/m..1/s1. The Morgan fingerprint density at radius 1 is 0.846 bits per heavy atom. The van der Waals surface area contributed by atoms with E-state index in [-0.39, 0.29) is 0 Å². The maximum absolute atomic E-state index is 9.63. The molecule has 2 rings (SSSR count). The monoisotopic (exact) mass is 406 g/mol. The number of rotatable bonds is 3. The van der Waals surface area contributed by atoms with Crippen LogP contribution in [-0.2, 0) is 9.59 Å². The average molecular weight is 407 g/mol. The number of aromatic amines is 2. The lowest BCUT2D eigenvalue weighted by Gasteiger charge is -2.18. The minimum absolute atomic E-state index is 0.620. The summed E-state index contributed by atoms with van der Waals surface area (Å²) in [5, 5.41) is 37.1. The second-order valence-electron chi connectivity index (χ2n) is 4.45. The summed E-state index contributed by atoms with van der Waals surface area (Å²) in [5.41, 5.74) is 10.6. The van der Waals surface area contributed by atoms with Gasteiger partial charge in [-0.15, -0.1) is 0 Å². The van der Waals surface area contributed by atoms with Crippen LogP contribution in [0.4, 0.5) is 11.6 Å². The van der Waals surface area contributed by atoms with E-state index in [1.165, 1.54) is 0 Å². The number of nitrogen functional groups attached to an aromatic ring is 2. The van der Waals surface area contributed by atoms with Crippen molar-refractivity contribution in [1.29, 1.82) is 0 Å². The topological polar surface area (TPSA) is 201 Å². The van der Waals surface area contributed by atoms with Crippen LogP contribution in [0.2, 0.25) is 10.0 Å². The fourth-order valence-electron chi connectivity index (χ4n) is 1.09. The van der Waals surface area contributed by atoms with Crippen LogP contribution in [-0.4, -0.2) is 34.4 Å². The van der Waals surface area contributed by atoms with Gasteiger partial charge in [-0.1, -0.05) is 23.2 Å². The first-order valence-electron chi connectivity index (χ1n) is 6.67. The van der Waals surface area contributed by atoms with Crippen LogP contribution in [0.3, 0.4) is 0 Å². The molecule has 26 heavy (non-hydrogen) atoms. The van der Waals surface area contributed by atoms with Gasteiger partial charge in [0.25, 0.3) is 11.6 Å². The molecule has 0 aliphatic heterocycles. The van der Waals surface area contributed by atoms with Crippen molar-refractivity contribution >= 4 is 46.8 Å². The lowest BCUT2D eigenvalue weighted by molar-refractivity contribution is -0.360. The Kier molecular flexibility index (Phi) is 10.6. The second kappa shape index (κ2) is 11.8. The van der Waals surface area contributed by atoms with Crippen molar-refractivity contribution in [2.24, 2.45) is 0 Å². The number of hydrogen-bond donors (Lipinski definition) is 4. The molecule has 0 saturated heterocycles. The number of pyridine rings is 2. The molecule has 0 saturated carbocycles. The predicted octanol–water partition coefficient (Wildman–Crippen LogP) is -3.32. The van der Waals surface area contributed by atoms with Crippen molar-refractivity contribution in [3.63, 3.8) is 0 Å². The molecular weight excluding hydrogens is 391 g/mol. The number of halogens is 2. The van der Waals surface area contributed by atoms with Crippen molar-refractivity contribution < 1.29 is 40.0 Å². The lowest BCUT2D eigenvalue weighted by Crippen LogP contribution is -2.51. The third-order valence-corrected chi connectivity index (χ3v) is 2.85. The highest BCUT2D eigenvalue weighted by Gasteiger charge is 2.17. The van der Waals surface area contributed by atoms with E-state index in [1.807, 2.05) is 0 Å². The Morgan fingerprint density at radius 2 is 1.15 bits per heavy atom. The van der Waals surface area contributed by atoms with Crippen LogP contribution in [0.15, 0.2) is 36.7 Å². The number of H-pyrrole nitrogens is 2. The highest BCUT2D eigenvalue weighted by Crippen LogP contribution is 2.03. The molecule has 0 spiro atoms. The molecule has 2 atom stereocenters. The van der Waals surface area contributed by atoms with Crippen LogP contribution >= 0.6 is 23.2 Å². The van der Waals surface area contributed by atoms with Crippen molar-refractivity contribution in [3.8, 4) is 0 Å². The number of carbonyl (C=O) groups is 2. The van der Waals surface area contributed by atoms with E-state index in [1.54, 1.807) is 36.7 Å². The third-order valence-electron chi connectivity index (χ3n) is 2.38. The third kappa shape index (κ3) is 10.3. The first-order chi connectivity index (χ1) is 12.0. The Hall–Kier alpha value is -2.66. The number of aromatic nitrogens is 2. The molecule has 12 heteroatoms. The Balaban J connectivity index is 0.000000363. The molecule has 0 aromatic carbocycles. The summed E-state index contributed by atoms with van der Waals surface area (Å²) in [5.74, 6) is -2.88. The van der Waals surface area contributed by atoms with E-state index >= 15 is 0 Å². The summed E-state index contributed by atoms with van der Waals surface area (Å²) in [6, 6.07) is 6.88.